The Hall–Kier alpha value is -1.30. The van der Waals surface area contributed by atoms with Gasteiger partial charge >= 0.3 is 6.18 Å². The van der Waals surface area contributed by atoms with Crippen molar-refractivity contribution < 1.29 is 17.6 Å². The van der Waals surface area contributed by atoms with Crippen LogP contribution in [0.4, 0.5) is 17.6 Å². The smallest absolute Gasteiger partial charge is 0.320 e. The molecule has 114 valence electrons. The zero-order chi connectivity index (χ0) is 14.9. The van der Waals surface area contributed by atoms with Gasteiger partial charge in [-0.1, -0.05) is 23.7 Å². The monoisotopic (exact) mass is 339 g/mol. The molecule has 2 N–H and O–H groups in total. The summed E-state index contributed by atoms with van der Waals surface area (Å²) in [6.45, 7) is 0. The molecule has 0 saturated carbocycles. The number of rotatable bonds is 2. The van der Waals surface area contributed by atoms with Crippen molar-refractivity contribution in [2.45, 2.75) is 12.2 Å². The minimum atomic E-state index is -4.61. The standard InChI is InChI=1S/C14H10ClF4N.ClH/c15-11-3-1-8(2-4-11)13(20)9-5-10(14(17,18)19)7-12(16)6-9;/h1-7,13H,20H2;1H. The van der Waals surface area contributed by atoms with Crippen molar-refractivity contribution in [3.05, 3.63) is 70.0 Å². The van der Waals surface area contributed by atoms with E-state index >= 15 is 0 Å². The molecule has 2 rings (SSSR count). The fourth-order valence-corrected chi connectivity index (χ4v) is 1.94. The van der Waals surface area contributed by atoms with Crippen molar-refractivity contribution in [1.82, 2.24) is 0 Å². The molecule has 1 unspecified atom stereocenters. The quantitative estimate of drug-likeness (QED) is 0.768. The lowest BCUT2D eigenvalue weighted by molar-refractivity contribution is -0.137. The second-order valence-electron chi connectivity index (χ2n) is 4.30. The molecular formula is C14H11Cl2F4N. The lowest BCUT2D eigenvalue weighted by Crippen LogP contribution is -2.14. The van der Waals surface area contributed by atoms with Crippen LogP contribution < -0.4 is 5.73 Å². The maximum absolute atomic E-state index is 13.3. The van der Waals surface area contributed by atoms with Gasteiger partial charge in [0.15, 0.2) is 0 Å². The molecule has 0 aromatic heterocycles. The summed E-state index contributed by atoms with van der Waals surface area (Å²) >= 11 is 5.72. The first-order valence-electron chi connectivity index (χ1n) is 5.66. The van der Waals surface area contributed by atoms with Crippen LogP contribution >= 0.6 is 24.0 Å². The zero-order valence-electron chi connectivity index (χ0n) is 10.5. The van der Waals surface area contributed by atoms with Gasteiger partial charge in [-0.3, -0.25) is 0 Å². The van der Waals surface area contributed by atoms with Gasteiger partial charge in [-0.15, -0.1) is 12.4 Å². The Morgan fingerprint density at radius 3 is 2.05 bits per heavy atom. The van der Waals surface area contributed by atoms with E-state index < -0.39 is 23.6 Å². The molecule has 0 radical (unpaired) electrons. The fraction of sp³-hybridized carbons (Fsp3) is 0.143. The van der Waals surface area contributed by atoms with Crippen molar-refractivity contribution in [3.63, 3.8) is 0 Å². The van der Waals surface area contributed by atoms with Gasteiger partial charge in [0, 0.05) is 5.02 Å². The molecule has 1 nitrogen and oxygen atoms in total. The zero-order valence-corrected chi connectivity index (χ0v) is 12.1. The molecule has 0 heterocycles. The Balaban J connectivity index is 0.00000220. The minimum Gasteiger partial charge on any atom is -0.320 e. The topological polar surface area (TPSA) is 26.0 Å². The first-order valence-corrected chi connectivity index (χ1v) is 6.04. The van der Waals surface area contributed by atoms with E-state index in [2.05, 4.69) is 0 Å². The number of alkyl halides is 3. The Morgan fingerprint density at radius 1 is 0.952 bits per heavy atom. The molecule has 2 aromatic carbocycles. The summed E-state index contributed by atoms with van der Waals surface area (Å²) in [5.41, 5.74) is 5.42. The molecule has 0 saturated heterocycles. The molecule has 0 fully saturated rings. The molecule has 0 amide bonds. The summed E-state index contributed by atoms with van der Waals surface area (Å²) in [6, 6.07) is 7.75. The molecule has 1 atom stereocenters. The predicted molar refractivity (Wildman–Crippen MR) is 76.1 cm³/mol. The van der Waals surface area contributed by atoms with Gasteiger partial charge in [0.05, 0.1) is 11.6 Å². The largest absolute Gasteiger partial charge is 0.416 e. The predicted octanol–water partition coefficient (Wildman–Crippen LogP) is 4.97. The van der Waals surface area contributed by atoms with Crippen LogP contribution in [0.25, 0.3) is 0 Å². The summed E-state index contributed by atoms with van der Waals surface area (Å²) < 4.78 is 51.2. The average molecular weight is 340 g/mol. The van der Waals surface area contributed by atoms with E-state index in [-0.39, 0.29) is 18.0 Å². The third-order valence-electron chi connectivity index (χ3n) is 2.84. The van der Waals surface area contributed by atoms with E-state index in [1.807, 2.05) is 0 Å². The third kappa shape index (κ3) is 4.33. The highest BCUT2D eigenvalue weighted by Gasteiger charge is 2.31. The van der Waals surface area contributed by atoms with Gasteiger partial charge in [0.2, 0.25) is 0 Å². The van der Waals surface area contributed by atoms with Crippen LogP contribution in [0, 0.1) is 5.82 Å². The normalized spacial score (nSPS) is 12.7. The van der Waals surface area contributed by atoms with E-state index in [1.165, 1.54) is 0 Å². The van der Waals surface area contributed by atoms with Crippen molar-refractivity contribution in [1.29, 1.82) is 0 Å². The van der Waals surface area contributed by atoms with Gasteiger partial charge in [-0.25, -0.2) is 4.39 Å². The first-order chi connectivity index (χ1) is 9.27. The summed E-state index contributed by atoms with van der Waals surface area (Å²) in [4.78, 5) is 0. The number of nitrogens with two attached hydrogens (primary N) is 1. The van der Waals surface area contributed by atoms with Crippen LogP contribution in [0.5, 0.6) is 0 Å². The average Bonchev–Trinajstić information content (AvgIpc) is 2.37. The van der Waals surface area contributed by atoms with Crippen LogP contribution in [0.1, 0.15) is 22.7 Å². The van der Waals surface area contributed by atoms with Crippen molar-refractivity contribution in [2.75, 3.05) is 0 Å². The van der Waals surface area contributed by atoms with Gasteiger partial charge in [-0.05, 0) is 41.5 Å². The van der Waals surface area contributed by atoms with Crippen LogP contribution in [0.2, 0.25) is 5.02 Å². The number of halogens is 6. The Bertz CT molecular complexity index is 611. The molecule has 0 aliphatic rings. The highest BCUT2D eigenvalue weighted by atomic mass is 35.5. The summed E-state index contributed by atoms with van der Waals surface area (Å²) in [5.74, 6) is -0.973. The van der Waals surface area contributed by atoms with E-state index in [1.54, 1.807) is 24.3 Å². The molecular weight excluding hydrogens is 329 g/mol. The molecule has 7 heteroatoms. The van der Waals surface area contributed by atoms with Crippen LogP contribution in [-0.2, 0) is 6.18 Å². The maximum Gasteiger partial charge on any atom is 0.416 e. The van der Waals surface area contributed by atoms with E-state index in [0.29, 0.717) is 16.7 Å². The molecule has 0 bridgehead atoms. The number of hydrogen-bond acceptors (Lipinski definition) is 1. The number of benzene rings is 2. The van der Waals surface area contributed by atoms with Gasteiger partial charge in [0.25, 0.3) is 0 Å². The highest BCUT2D eigenvalue weighted by molar-refractivity contribution is 6.30. The van der Waals surface area contributed by atoms with Crippen molar-refractivity contribution >= 4 is 24.0 Å². The molecule has 21 heavy (non-hydrogen) atoms. The second-order valence-corrected chi connectivity index (χ2v) is 4.74. The Kier molecular flexibility index (Phi) is 5.61. The molecule has 0 spiro atoms. The van der Waals surface area contributed by atoms with Crippen LogP contribution in [0.3, 0.4) is 0 Å². The van der Waals surface area contributed by atoms with Gasteiger partial charge in [-0.2, -0.15) is 13.2 Å². The van der Waals surface area contributed by atoms with E-state index in [9.17, 15) is 17.6 Å². The first kappa shape index (κ1) is 17.8. The van der Waals surface area contributed by atoms with Crippen molar-refractivity contribution in [2.24, 2.45) is 5.73 Å². The maximum atomic E-state index is 13.3. The summed E-state index contributed by atoms with van der Waals surface area (Å²) in [6.07, 6.45) is -4.61. The van der Waals surface area contributed by atoms with Crippen LogP contribution in [0.15, 0.2) is 42.5 Å². The minimum absolute atomic E-state index is 0. The van der Waals surface area contributed by atoms with Crippen molar-refractivity contribution in [3.8, 4) is 0 Å². The SMILES string of the molecule is Cl.NC(c1ccc(Cl)cc1)c1cc(F)cc(C(F)(F)F)c1. The van der Waals surface area contributed by atoms with E-state index in [4.69, 9.17) is 17.3 Å². The molecule has 0 aliphatic carbocycles. The van der Waals surface area contributed by atoms with E-state index in [0.717, 1.165) is 12.1 Å². The van der Waals surface area contributed by atoms with Crippen LogP contribution in [-0.4, -0.2) is 0 Å². The Labute approximate surface area is 130 Å². The fourth-order valence-electron chi connectivity index (χ4n) is 1.82. The Morgan fingerprint density at radius 2 is 1.52 bits per heavy atom. The summed E-state index contributed by atoms with van der Waals surface area (Å²) in [7, 11) is 0. The molecule has 0 aliphatic heterocycles. The second kappa shape index (κ2) is 6.64. The third-order valence-corrected chi connectivity index (χ3v) is 3.09. The summed E-state index contributed by atoms with van der Waals surface area (Å²) in [5, 5.41) is 0.483. The molecule has 2 aromatic rings. The lowest BCUT2D eigenvalue weighted by Gasteiger charge is -2.15. The number of hydrogen-bond donors (Lipinski definition) is 1. The highest BCUT2D eigenvalue weighted by Crippen LogP contribution is 2.32. The van der Waals surface area contributed by atoms with Gasteiger partial charge in [0.1, 0.15) is 5.82 Å². The lowest BCUT2D eigenvalue weighted by atomic mass is 9.97. The van der Waals surface area contributed by atoms with Gasteiger partial charge < -0.3 is 5.73 Å².